The van der Waals surface area contributed by atoms with Gasteiger partial charge in [0.05, 0.1) is 12.7 Å². The molecule has 0 heterocycles. The van der Waals surface area contributed by atoms with Gasteiger partial charge in [0, 0.05) is 0 Å². The third-order valence-corrected chi connectivity index (χ3v) is 1.21. The summed E-state index contributed by atoms with van der Waals surface area (Å²) in [6.07, 6.45) is 3.11. The average Bonchev–Trinajstić information content (AvgIpc) is 1.98. The van der Waals surface area contributed by atoms with E-state index in [4.69, 9.17) is 4.74 Å². The average molecular weight is 152 g/mol. The van der Waals surface area contributed by atoms with Crippen molar-refractivity contribution in [2.75, 3.05) is 7.11 Å². The van der Waals surface area contributed by atoms with E-state index < -0.39 is 0 Å². The molecular formula is C9H12O2. The van der Waals surface area contributed by atoms with Crippen molar-refractivity contribution in [2.45, 2.75) is 6.92 Å². The molecule has 60 valence electrons. The minimum absolute atomic E-state index is 0.0725. The first-order chi connectivity index (χ1) is 5.13. The monoisotopic (exact) mass is 152 g/mol. The molecule has 0 unspecified atom stereocenters. The molecule has 0 N–H and O–H groups in total. The van der Waals surface area contributed by atoms with Gasteiger partial charge in [0.2, 0.25) is 0 Å². The number of hydrogen-bond donors (Lipinski definition) is 0. The van der Waals surface area contributed by atoms with Crippen LogP contribution in [-0.4, -0.2) is 12.9 Å². The topological polar surface area (TPSA) is 26.3 Å². The van der Waals surface area contributed by atoms with Crippen LogP contribution in [0.2, 0.25) is 0 Å². The van der Waals surface area contributed by atoms with Gasteiger partial charge < -0.3 is 4.74 Å². The SMILES string of the molecule is C=C/C=C(\C(=C)OC)C(C)=O. The van der Waals surface area contributed by atoms with E-state index >= 15 is 0 Å². The maximum Gasteiger partial charge on any atom is 0.163 e. The van der Waals surface area contributed by atoms with Crippen LogP contribution >= 0.6 is 0 Å². The molecule has 0 aromatic carbocycles. The molecule has 0 aliphatic heterocycles. The molecule has 0 atom stereocenters. The van der Waals surface area contributed by atoms with Crippen LogP contribution in [0, 0.1) is 0 Å². The summed E-state index contributed by atoms with van der Waals surface area (Å²) >= 11 is 0. The predicted octanol–water partition coefficient (Wildman–Crippen LogP) is 1.85. The third kappa shape index (κ3) is 2.85. The molecule has 0 bridgehead atoms. The number of allylic oxidation sites excluding steroid dienone is 3. The Morgan fingerprint density at radius 3 is 2.36 bits per heavy atom. The van der Waals surface area contributed by atoms with E-state index in [9.17, 15) is 4.79 Å². The highest BCUT2D eigenvalue weighted by molar-refractivity contribution is 5.97. The lowest BCUT2D eigenvalue weighted by Gasteiger charge is -2.03. The van der Waals surface area contributed by atoms with Gasteiger partial charge in [0.15, 0.2) is 5.78 Å². The number of ether oxygens (including phenoxy) is 1. The Balaban J connectivity index is 4.61. The van der Waals surface area contributed by atoms with E-state index in [1.165, 1.54) is 20.1 Å². The van der Waals surface area contributed by atoms with Crippen LogP contribution in [0.3, 0.4) is 0 Å². The Bertz CT molecular complexity index is 212. The zero-order valence-corrected chi connectivity index (χ0v) is 6.89. The van der Waals surface area contributed by atoms with Gasteiger partial charge in [-0.3, -0.25) is 4.79 Å². The molecule has 0 fully saturated rings. The highest BCUT2D eigenvalue weighted by Gasteiger charge is 2.06. The number of rotatable bonds is 4. The zero-order valence-electron chi connectivity index (χ0n) is 6.89. The van der Waals surface area contributed by atoms with Crippen molar-refractivity contribution in [1.29, 1.82) is 0 Å². The fourth-order valence-corrected chi connectivity index (χ4v) is 0.634. The van der Waals surface area contributed by atoms with Crippen LogP contribution in [0.4, 0.5) is 0 Å². The van der Waals surface area contributed by atoms with E-state index in [1.54, 1.807) is 6.08 Å². The minimum atomic E-state index is -0.0725. The molecule has 0 rings (SSSR count). The lowest BCUT2D eigenvalue weighted by atomic mass is 10.1. The fourth-order valence-electron chi connectivity index (χ4n) is 0.634. The highest BCUT2D eigenvalue weighted by Crippen LogP contribution is 2.08. The summed E-state index contributed by atoms with van der Waals surface area (Å²) in [5.74, 6) is 0.300. The van der Waals surface area contributed by atoms with Gasteiger partial charge in [-0.25, -0.2) is 0 Å². The Hall–Kier alpha value is -1.31. The zero-order chi connectivity index (χ0) is 8.85. The first kappa shape index (κ1) is 9.69. The molecule has 11 heavy (non-hydrogen) atoms. The van der Waals surface area contributed by atoms with E-state index in [0.717, 1.165) is 0 Å². The van der Waals surface area contributed by atoms with E-state index in [0.29, 0.717) is 11.3 Å². The first-order valence-corrected chi connectivity index (χ1v) is 3.20. The largest absolute Gasteiger partial charge is 0.497 e. The fraction of sp³-hybridized carbons (Fsp3) is 0.222. The maximum absolute atomic E-state index is 10.9. The molecule has 0 saturated carbocycles. The van der Waals surface area contributed by atoms with Crippen LogP contribution < -0.4 is 0 Å². The smallest absolute Gasteiger partial charge is 0.163 e. The van der Waals surface area contributed by atoms with E-state index in [-0.39, 0.29) is 5.78 Å². The van der Waals surface area contributed by atoms with Crippen LogP contribution in [-0.2, 0) is 9.53 Å². The van der Waals surface area contributed by atoms with Crippen molar-refractivity contribution in [1.82, 2.24) is 0 Å². The molecule has 2 nitrogen and oxygen atoms in total. The summed E-state index contributed by atoms with van der Waals surface area (Å²) < 4.78 is 4.79. The number of hydrogen-bond acceptors (Lipinski definition) is 2. The second-order valence-corrected chi connectivity index (χ2v) is 2.00. The van der Waals surface area contributed by atoms with Crippen molar-refractivity contribution in [3.63, 3.8) is 0 Å². The second kappa shape index (κ2) is 4.50. The normalized spacial score (nSPS) is 10.5. The van der Waals surface area contributed by atoms with Crippen molar-refractivity contribution < 1.29 is 9.53 Å². The van der Waals surface area contributed by atoms with Gasteiger partial charge in [-0.05, 0) is 13.0 Å². The van der Waals surface area contributed by atoms with Crippen molar-refractivity contribution >= 4 is 5.78 Å². The Labute approximate surface area is 66.9 Å². The molecule has 0 amide bonds. The van der Waals surface area contributed by atoms with Gasteiger partial charge in [0.25, 0.3) is 0 Å². The summed E-state index contributed by atoms with van der Waals surface area (Å²) in [5, 5.41) is 0. The Kier molecular flexibility index (Phi) is 3.96. The standard InChI is InChI=1S/C9H12O2/c1-5-6-9(7(2)10)8(3)11-4/h5-6H,1,3H2,2,4H3/b9-6-. The van der Waals surface area contributed by atoms with Crippen molar-refractivity contribution in [2.24, 2.45) is 0 Å². The number of Topliss-reactive ketones (excluding diaryl/α,β-unsaturated/α-hetero) is 1. The van der Waals surface area contributed by atoms with Crippen LogP contribution in [0.5, 0.6) is 0 Å². The van der Waals surface area contributed by atoms with Gasteiger partial charge in [-0.15, -0.1) is 0 Å². The number of carbonyl (C=O) groups excluding carboxylic acids is 1. The first-order valence-electron chi connectivity index (χ1n) is 3.20. The van der Waals surface area contributed by atoms with Gasteiger partial charge in [0.1, 0.15) is 5.76 Å². The van der Waals surface area contributed by atoms with Gasteiger partial charge >= 0.3 is 0 Å². The summed E-state index contributed by atoms with van der Waals surface area (Å²) in [4.78, 5) is 10.9. The molecule has 0 spiro atoms. The summed E-state index contributed by atoms with van der Waals surface area (Å²) in [5.41, 5.74) is 0.461. The second-order valence-electron chi connectivity index (χ2n) is 2.00. The minimum Gasteiger partial charge on any atom is -0.497 e. The van der Waals surface area contributed by atoms with Crippen molar-refractivity contribution in [3.8, 4) is 0 Å². The van der Waals surface area contributed by atoms with Gasteiger partial charge in [-0.2, -0.15) is 0 Å². The van der Waals surface area contributed by atoms with E-state index in [1.807, 2.05) is 0 Å². The summed E-state index contributed by atoms with van der Waals surface area (Å²) in [6.45, 7) is 8.49. The molecule has 0 aliphatic carbocycles. The third-order valence-electron chi connectivity index (χ3n) is 1.21. The van der Waals surface area contributed by atoms with E-state index in [2.05, 4.69) is 13.2 Å². The number of ketones is 1. The van der Waals surface area contributed by atoms with Crippen molar-refractivity contribution in [3.05, 3.63) is 36.6 Å². The summed E-state index contributed by atoms with van der Waals surface area (Å²) in [7, 11) is 1.47. The molecule has 0 aromatic heterocycles. The molecular weight excluding hydrogens is 140 g/mol. The Morgan fingerprint density at radius 1 is 1.55 bits per heavy atom. The predicted molar refractivity (Wildman–Crippen MR) is 45.1 cm³/mol. The summed E-state index contributed by atoms with van der Waals surface area (Å²) in [6, 6.07) is 0. The Morgan fingerprint density at radius 2 is 2.09 bits per heavy atom. The highest BCUT2D eigenvalue weighted by atomic mass is 16.5. The number of methoxy groups -OCH3 is 1. The molecule has 0 saturated heterocycles. The lowest BCUT2D eigenvalue weighted by Crippen LogP contribution is -2.00. The quantitative estimate of drug-likeness (QED) is 0.349. The van der Waals surface area contributed by atoms with Gasteiger partial charge in [-0.1, -0.05) is 19.2 Å². The molecule has 0 radical (unpaired) electrons. The molecule has 0 aliphatic rings. The molecule has 2 heteroatoms. The molecule has 0 aromatic rings. The lowest BCUT2D eigenvalue weighted by molar-refractivity contribution is -0.113. The van der Waals surface area contributed by atoms with Crippen LogP contribution in [0.1, 0.15) is 6.92 Å². The number of carbonyl (C=O) groups is 1. The van der Waals surface area contributed by atoms with Crippen LogP contribution in [0.15, 0.2) is 36.6 Å². The van der Waals surface area contributed by atoms with Crippen LogP contribution in [0.25, 0.3) is 0 Å². The maximum atomic E-state index is 10.9.